The van der Waals surface area contributed by atoms with E-state index in [1.165, 1.54) is 6.07 Å². The molecule has 180 valence electrons. The molecule has 0 amide bonds. The minimum Gasteiger partial charge on any atom is -0.508 e. The van der Waals surface area contributed by atoms with Crippen LogP contribution in [0.5, 0.6) is 28.7 Å². The van der Waals surface area contributed by atoms with E-state index in [2.05, 4.69) is 0 Å². The number of aliphatic hydroxyl groups is 3. The second-order valence-corrected chi connectivity index (χ2v) is 7.48. The molecule has 13 heteroatoms. The molecular formula is C21H18O13. The number of hydrogen-bond donors (Lipinski definition) is 8. The van der Waals surface area contributed by atoms with Crippen LogP contribution in [0.4, 0.5) is 0 Å². The van der Waals surface area contributed by atoms with E-state index >= 15 is 0 Å². The van der Waals surface area contributed by atoms with Crippen molar-refractivity contribution in [3.05, 3.63) is 40.6 Å². The predicted molar refractivity (Wildman–Crippen MR) is 110 cm³/mol. The van der Waals surface area contributed by atoms with Crippen LogP contribution in [0, 0.1) is 0 Å². The van der Waals surface area contributed by atoms with Gasteiger partial charge in [-0.05, 0) is 18.2 Å². The maximum Gasteiger partial charge on any atom is 0.335 e. The number of phenolic OH excluding ortho intramolecular Hbond substituents is 4. The smallest absolute Gasteiger partial charge is 0.335 e. The molecule has 0 saturated carbocycles. The Hall–Kier alpha value is -4.04. The second-order valence-electron chi connectivity index (χ2n) is 7.48. The summed E-state index contributed by atoms with van der Waals surface area (Å²) in [6.45, 7) is 0. The third kappa shape index (κ3) is 3.82. The zero-order valence-electron chi connectivity index (χ0n) is 16.9. The van der Waals surface area contributed by atoms with Gasteiger partial charge < -0.3 is 54.7 Å². The summed E-state index contributed by atoms with van der Waals surface area (Å²) < 4.78 is 16.1. The molecule has 1 fully saturated rings. The van der Waals surface area contributed by atoms with Crippen LogP contribution in [0.25, 0.3) is 22.3 Å². The lowest BCUT2D eigenvalue weighted by Gasteiger charge is -2.38. The van der Waals surface area contributed by atoms with Gasteiger partial charge in [-0.2, -0.15) is 0 Å². The van der Waals surface area contributed by atoms with Crippen molar-refractivity contribution in [2.45, 2.75) is 30.7 Å². The normalized spacial score (nSPS) is 24.7. The summed E-state index contributed by atoms with van der Waals surface area (Å²) in [5.41, 5.74) is -1.40. The molecule has 4 rings (SSSR count). The topological polar surface area (TPSA) is 228 Å². The molecule has 0 unspecified atom stereocenters. The summed E-state index contributed by atoms with van der Waals surface area (Å²) in [5, 5.41) is 78.3. The molecule has 2 heterocycles. The quantitative estimate of drug-likeness (QED) is 0.223. The number of carboxylic acid groups (broad SMARTS) is 1. The predicted octanol–water partition coefficient (Wildman–Crippen LogP) is -0.447. The van der Waals surface area contributed by atoms with E-state index in [-0.39, 0.29) is 11.1 Å². The first kappa shape index (κ1) is 23.1. The number of carboxylic acids is 1. The van der Waals surface area contributed by atoms with Gasteiger partial charge in [-0.1, -0.05) is 0 Å². The van der Waals surface area contributed by atoms with Gasteiger partial charge >= 0.3 is 5.97 Å². The number of aromatic hydroxyl groups is 4. The summed E-state index contributed by atoms with van der Waals surface area (Å²) in [6, 6.07) is 5.13. The number of rotatable bonds is 4. The van der Waals surface area contributed by atoms with Crippen molar-refractivity contribution >= 4 is 16.9 Å². The van der Waals surface area contributed by atoms with E-state index in [0.717, 1.165) is 24.3 Å². The minimum atomic E-state index is -2.03. The monoisotopic (exact) mass is 478 g/mol. The van der Waals surface area contributed by atoms with Crippen LogP contribution in [0.15, 0.2) is 39.5 Å². The Labute approximate surface area is 188 Å². The van der Waals surface area contributed by atoms with Crippen molar-refractivity contribution in [3.63, 3.8) is 0 Å². The first-order chi connectivity index (χ1) is 16.0. The molecule has 0 bridgehead atoms. The van der Waals surface area contributed by atoms with E-state index in [1.807, 2.05) is 0 Å². The van der Waals surface area contributed by atoms with Gasteiger partial charge in [-0.15, -0.1) is 0 Å². The van der Waals surface area contributed by atoms with Gasteiger partial charge in [-0.3, -0.25) is 4.79 Å². The average molecular weight is 478 g/mol. The Kier molecular flexibility index (Phi) is 5.70. The number of aliphatic hydroxyl groups excluding tert-OH is 3. The molecule has 1 aliphatic rings. The molecule has 2 aromatic carbocycles. The van der Waals surface area contributed by atoms with E-state index in [4.69, 9.17) is 13.9 Å². The summed E-state index contributed by atoms with van der Waals surface area (Å²) in [7, 11) is 0. The highest BCUT2D eigenvalue weighted by molar-refractivity contribution is 5.88. The maximum absolute atomic E-state index is 13.2. The van der Waals surface area contributed by atoms with Crippen LogP contribution in [0.1, 0.15) is 0 Å². The van der Waals surface area contributed by atoms with Crippen molar-refractivity contribution < 1.29 is 59.5 Å². The highest BCUT2D eigenvalue weighted by Crippen LogP contribution is 2.39. The van der Waals surface area contributed by atoms with E-state index in [0.29, 0.717) is 0 Å². The van der Waals surface area contributed by atoms with Gasteiger partial charge in [0.25, 0.3) is 0 Å². The van der Waals surface area contributed by atoms with Crippen molar-refractivity contribution in [2.24, 2.45) is 0 Å². The van der Waals surface area contributed by atoms with Crippen molar-refractivity contribution in [2.75, 3.05) is 0 Å². The van der Waals surface area contributed by atoms with Gasteiger partial charge in [0.1, 0.15) is 40.8 Å². The molecule has 0 spiro atoms. The summed E-state index contributed by atoms with van der Waals surface area (Å²) in [6.07, 6.45) is -10.1. The molecule has 5 atom stereocenters. The van der Waals surface area contributed by atoms with Crippen molar-refractivity contribution in [1.82, 2.24) is 0 Å². The van der Waals surface area contributed by atoms with Crippen LogP contribution in [0.3, 0.4) is 0 Å². The van der Waals surface area contributed by atoms with Crippen LogP contribution in [-0.2, 0) is 9.53 Å². The number of hydrogen-bond acceptors (Lipinski definition) is 12. The summed E-state index contributed by atoms with van der Waals surface area (Å²) in [5.74, 6) is -5.11. The molecule has 0 radical (unpaired) electrons. The van der Waals surface area contributed by atoms with Crippen LogP contribution in [-0.4, -0.2) is 77.5 Å². The minimum absolute atomic E-state index is 0.0483. The van der Waals surface area contributed by atoms with E-state index in [1.54, 1.807) is 0 Å². The Morgan fingerprint density at radius 2 is 1.59 bits per heavy atom. The second kappa shape index (κ2) is 8.39. The zero-order chi connectivity index (χ0) is 24.9. The third-order valence-electron chi connectivity index (χ3n) is 5.20. The lowest BCUT2D eigenvalue weighted by Crippen LogP contribution is -2.61. The molecule has 1 saturated heterocycles. The van der Waals surface area contributed by atoms with Crippen molar-refractivity contribution in [1.29, 1.82) is 0 Å². The van der Waals surface area contributed by atoms with Gasteiger partial charge in [0.2, 0.25) is 17.5 Å². The molecule has 3 aromatic rings. The fraction of sp³-hybridized carbons (Fsp3) is 0.238. The van der Waals surface area contributed by atoms with Gasteiger partial charge in [0.15, 0.2) is 23.4 Å². The lowest BCUT2D eigenvalue weighted by molar-refractivity contribution is -0.271. The standard InChI is InChI=1S/C21H18O13/c22-7-4-10(25)12-11(5-7)32-17(6-1-2-8(23)9(24)3-6)18(13(12)26)33-21-16(29)14(27)15(28)19(34-21)20(30)31/h1-5,14-16,19,21-25,27-29H,(H,30,31)/t14-,15-,16+,19+,21-/m1/s1. The van der Waals surface area contributed by atoms with E-state index in [9.17, 15) is 50.4 Å². The SMILES string of the molecule is O=C(O)[C@H]1O[C@@H](Oc2c(-c3ccc(O)c(O)c3)oc3cc(O)cc(O)c3c2=O)[C@@H](O)[C@H](O)[C@H]1O. The number of phenols is 4. The van der Waals surface area contributed by atoms with Gasteiger partial charge in [0.05, 0.1) is 0 Å². The fourth-order valence-electron chi connectivity index (χ4n) is 3.50. The molecule has 0 aliphatic carbocycles. The Balaban J connectivity index is 1.91. The molecule has 8 N–H and O–H groups in total. The van der Waals surface area contributed by atoms with Gasteiger partial charge in [-0.25, -0.2) is 4.79 Å². The average Bonchev–Trinajstić information content (AvgIpc) is 2.76. The number of aliphatic carboxylic acids is 1. The fourth-order valence-corrected chi connectivity index (χ4v) is 3.50. The maximum atomic E-state index is 13.2. The first-order valence-corrected chi connectivity index (χ1v) is 9.64. The molecule has 34 heavy (non-hydrogen) atoms. The van der Waals surface area contributed by atoms with E-state index < -0.39 is 82.0 Å². The van der Waals surface area contributed by atoms with Crippen LogP contribution in [0.2, 0.25) is 0 Å². The van der Waals surface area contributed by atoms with Crippen LogP contribution < -0.4 is 10.2 Å². The highest BCUT2D eigenvalue weighted by atomic mass is 16.7. The first-order valence-electron chi connectivity index (χ1n) is 9.64. The lowest BCUT2D eigenvalue weighted by atomic mass is 9.99. The zero-order valence-corrected chi connectivity index (χ0v) is 16.9. The Morgan fingerprint density at radius 3 is 2.24 bits per heavy atom. The Bertz CT molecular complexity index is 1330. The summed E-state index contributed by atoms with van der Waals surface area (Å²) >= 11 is 0. The largest absolute Gasteiger partial charge is 0.508 e. The third-order valence-corrected chi connectivity index (χ3v) is 5.20. The van der Waals surface area contributed by atoms with Gasteiger partial charge in [0, 0.05) is 17.7 Å². The molecule has 13 nitrogen and oxygen atoms in total. The number of benzene rings is 2. The highest BCUT2D eigenvalue weighted by Gasteiger charge is 2.48. The Morgan fingerprint density at radius 1 is 0.882 bits per heavy atom. The molecule has 1 aromatic heterocycles. The summed E-state index contributed by atoms with van der Waals surface area (Å²) in [4.78, 5) is 24.6. The van der Waals surface area contributed by atoms with Crippen molar-refractivity contribution in [3.8, 4) is 40.1 Å². The number of fused-ring (bicyclic) bond motifs is 1. The number of carbonyl (C=O) groups is 1. The molecular weight excluding hydrogens is 460 g/mol. The molecule has 1 aliphatic heterocycles. The van der Waals surface area contributed by atoms with Crippen LogP contribution >= 0.6 is 0 Å². The number of ether oxygens (including phenoxy) is 2.